The summed E-state index contributed by atoms with van der Waals surface area (Å²) in [4.78, 5) is 21.3. The van der Waals surface area contributed by atoms with Crippen LogP contribution in [0.2, 0.25) is 5.02 Å². The van der Waals surface area contributed by atoms with Crippen LogP contribution in [0.15, 0.2) is 61.1 Å². The van der Waals surface area contributed by atoms with Crippen molar-refractivity contribution >= 4 is 34.4 Å². The van der Waals surface area contributed by atoms with Gasteiger partial charge in [-0.2, -0.15) is 0 Å². The number of amides is 1. The molecular formula is C21H16ClFN4O. The summed E-state index contributed by atoms with van der Waals surface area (Å²) < 4.78 is 14.9. The van der Waals surface area contributed by atoms with Crippen LogP contribution in [-0.2, 0) is 6.54 Å². The van der Waals surface area contributed by atoms with E-state index in [-0.39, 0.29) is 22.3 Å². The van der Waals surface area contributed by atoms with Crippen LogP contribution in [0, 0.1) is 12.7 Å². The van der Waals surface area contributed by atoms with Crippen molar-refractivity contribution < 1.29 is 9.18 Å². The lowest BCUT2D eigenvalue weighted by Gasteiger charge is -2.08. The molecule has 0 saturated heterocycles. The van der Waals surface area contributed by atoms with Crippen molar-refractivity contribution in [3.63, 3.8) is 0 Å². The summed E-state index contributed by atoms with van der Waals surface area (Å²) in [5.41, 5.74) is 3.93. The summed E-state index contributed by atoms with van der Waals surface area (Å²) in [6.07, 6.45) is 3.05. The van der Waals surface area contributed by atoms with Crippen molar-refractivity contribution in [3.8, 4) is 0 Å². The van der Waals surface area contributed by atoms with Crippen LogP contribution >= 0.6 is 11.6 Å². The SMILES string of the molecule is Cc1ccc(NC(=O)c2cnc3c(ncn3Cc3ccc(F)cc3)c2Cl)cc1. The molecule has 0 aliphatic carbocycles. The fourth-order valence-corrected chi connectivity index (χ4v) is 3.14. The molecule has 0 spiro atoms. The number of halogens is 2. The molecule has 2 aromatic carbocycles. The molecule has 0 radical (unpaired) electrons. The Hall–Kier alpha value is -3.25. The maximum atomic E-state index is 13.1. The molecule has 0 bridgehead atoms. The Bertz CT molecular complexity index is 1150. The highest BCUT2D eigenvalue weighted by Crippen LogP contribution is 2.26. The molecule has 0 fully saturated rings. The Kier molecular flexibility index (Phi) is 4.79. The average Bonchev–Trinajstić information content (AvgIpc) is 3.09. The monoisotopic (exact) mass is 394 g/mol. The van der Waals surface area contributed by atoms with E-state index >= 15 is 0 Å². The summed E-state index contributed by atoms with van der Waals surface area (Å²) in [5, 5.41) is 3.05. The second kappa shape index (κ2) is 7.40. The molecule has 2 heterocycles. The smallest absolute Gasteiger partial charge is 0.258 e. The number of fused-ring (bicyclic) bond motifs is 1. The van der Waals surface area contributed by atoms with Gasteiger partial charge >= 0.3 is 0 Å². The predicted molar refractivity (Wildman–Crippen MR) is 107 cm³/mol. The number of anilines is 1. The molecule has 1 N–H and O–H groups in total. The van der Waals surface area contributed by atoms with Crippen molar-refractivity contribution in [2.75, 3.05) is 5.32 Å². The van der Waals surface area contributed by atoms with Gasteiger partial charge < -0.3 is 9.88 Å². The molecule has 2 aromatic heterocycles. The Morgan fingerprint density at radius 3 is 2.54 bits per heavy atom. The van der Waals surface area contributed by atoms with Crippen LogP contribution in [0.1, 0.15) is 21.5 Å². The lowest BCUT2D eigenvalue weighted by atomic mass is 10.2. The first-order valence-electron chi connectivity index (χ1n) is 8.63. The van der Waals surface area contributed by atoms with Gasteiger partial charge in [0, 0.05) is 11.9 Å². The van der Waals surface area contributed by atoms with E-state index in [1.54, 1.807) is 23.0 Å². The molecule has 28 heavy (non-hydrogen) atoms. The van der Waals surface area contributed by atoms with E-state index in [4.69, 9.17) is 11.6 Å². The summed E-state index contributed by atoms with van der Waals surface area (Å²) in [6, 6.07) is 13.7. The maximum Gasteiger partial charge on any atom is 0.258 e. The minimum Gasteiger partial charge on any atom is -0.322 e. The van der Waals surface area contributed by atoms with Crippen LogP contribution in [0.25, 0.3) is 11.2 Å². The van der Waals surface area contributed by atoms with Gasteiger partial charge in [-0.05, 0) is 36.8 Å². The molecule has 0 saturated carbocycles. The highest BCUT2D eigenvalue weighted by Gasteiger charge is 2.17. The summed E-state index contributed by atoms with van der Waals surface area (Å²) in [6.45, 7) is 2.44. The number of pyridine rings is 1. The van der Waals surface area contributed by atoms with Crippen molar-refractivity contribution in [1.29, 1.82) is 0 Å². The van der Waals surface area contributed by atoms with Gasteiger partial charge in [-0.15, -0.1) is 0 Å². The highest BCUT2D eigenvalue weighted by atomic mass is 35.5. The van der Waals surface area contributed by atoms with E-state index in [1.807, 2.05) is 31.2 Å². The number of carbonyl (C=O) groups excluding carboxylic acids is 1. The molecule has 0 unspecified atom stereocenters. The van der Waals surface area contributed by atoms with Crippen molar-refractivity contribution in [2.45, 2.75) is 13.5 Å². The molecule has 4 aromatic rings. The number of nitrogens with zero attached hydrogens (tertiary/aromatic N) is 3. The second-order valence-electron chi connectivity index (χ2n) is 6.48. The maximum absolute atomic E-state index is 13.1. The molecule has 140 valence electrons. The zero-order valence-electron chi connectivity index (χ0n) is 15.0. The molecule has 1 amide bonds. The van der Waals surface area contributed by atoms with Crippen LogP contribution in [0.5, 0.6) is 0 Å². The third-order valence-electron chi connectivity index (χ3n) is 4.39. The second-order valence-corrected chi connectivity index (χ2v) is 6.86. The van der Waals surface area contributed by atoms with Gasteiger partial charge in [-0.3, -0.25) is 4.79 Å². The summed E-state index contributed by atoms with van der Waals surface area (Å²) >= 11 is 6.44. The van der Waals surface area contributed by atoms with E-state index in [0.717, 1.165) is 11.1 Å². The number of aromatic nitrogens is 3. The van der Waals surface area contributed by atoms with Gasteiger partial charge in [0.1, 0.15) is 11.3 Å². The lowest BCUT2D eigenvalue weighted by Crippen LogP contribution is -2.13. The van der Waals surface area contributed by atoms with E-state index in [9.17, 15) is 9.18 Å². The summed E-state index contributed by atoms with van der Waals surface area (Å²) in [7, 11) is 0. The number of carbonyl (C=O) groups is 1. The Labute approximate surface area is 165 Å². The third-order valence-corrected chi connectivity index (χ3v) is 4.77. The number of aryl methyl sites for hydroxylation is 1. The number of benzene rings is 2. The number of nitrogens with one attached hydrogen (secondary N) is 1. The van der Waals surface area contributed by atoms with Crippen LogP contribution < -0.4 is 5.32 Å². The van der Waals surface area contributed by atoms with E-state index < -0.39 is 0 Å². The van der Waals surface area contributed by atoms with Crippen molar-refractivity contribution in [3.05, 3.63) is 88.6 Å². The number of hydrogen-bond acceptors (Lipinski definition) is 3. The van der Waals surface area contributed by atoms with Gasteiger partial charge in [0.2, 0.25) is 0 Å². The Morgan fingerprint density at radius 2 is 1.82 bits per heavy atom. The molecule has 7 heteroatoms. The molecule has 4 rings (SSSR count). The third kappa shape index (κ3) is 3.59. The van der Waals surface area contributed by atoms with Crippen LogP contribution in [0.4, 0.5) is 10.1 Å². The van der Waals surface area contributed by atoms with E-state index in [0.29, 0.717) is 23.4 Å². The van der Waals surface area contributed by atoms with Gasteiger partial charge in [0.25, 0.3) is 5.91 Å². The topological polar surface area (TPSA) is 59.8 Å². The molecule has 0 aliphatic heterocycles. The minimum atomic E-state index is -0.351. The number of hydrogen-bond donors (Lipinski definition) is 1. The Balaban J connectivity index is 1.61. The lowest BCUT2D eigenvalue weighted by molar-refractivity contribution is 0.102. The quantitative estimate of drug-likeness (QED) is 0.539. The number of imidazole rings is 1. The van der Waals surface area contributed by atoms with E-state index in [2.05, 4.69) is 15.3 Å². The van der Waals surface area contributed by atoms with Crippen molar-refractivity contribution in [2.24, 2.45) is 0 Å². The van der Waals surface area contributed by atoms with E-state index in [1.165, 1.54) is 18.3 Å². The first-order chi connectivity index (χ1) is 13.5. The van der Waals surface area contributed by atoms with Crippen molar-refractivity contribution in [1.82, 2.24) is 14.5 Å². The average molecular weight is 395 g/mol. The standard InChI is InChI=1S/C21H16ClFN4O/c1-13-2-8-16(9-3-13)26-21(28)17-10-24-20-19(18(17)22)25-12-27(20)11-14-4-6-15(23)7-5-14/h2-10,12H,11H2,1H3,(H,26,28). The first-order valence-corrected chi connectivity index (χ1v) is 9.01. The fraction of sp³-hybridized carbons (Fsp3) is 0.0952. The minimum absolute atomic E-state index is 0.243. The van der Waals surface area contributed by atoms with Gasteiger partial charge in [0.15, 0.2) is 5.65 Å². The predicted octanol–water partition coefficient (Wildman–Crippen LogP) is 4.83. The summed E-state index contributed by atoms with van der Waals surface area (Å²) in [5.74, 6) is -0.638. The molecule has 5 nitrogen and oxygen atoms in total. The largest absolute Gasteiger partial charge is 0.322 e. The van der Waals surface area contributed by atoms with Crippen LogP contribution in [0.3, 0.4) is 0 Å². The highest BCUT2D eigenvalue weighted by molar-refractivity contribution is 6.38. The zero-order chi connectivity index (χ0) is 19.7. The number of rotatable bonds is 4. The molecule has 0 aliphatic rings. The normalized spacial score (nSPS) is 11.0. The fourth-order valence-electron chi connectivity index (χ4n) is 2.87. The van der Waals surface area contributed by atoms with Crippen LogP contribution in [-0.4, -0.2) is 20.4 Å². The Morgan fingerprint density at radius 1 is 1.11 bits per heavy atom. The molecular weight excluding hydrogens is 379 g/mol. The van der Waals surface area contributed by atoms with Gasteiger partial charge in [-0.1, -0.05) is 41.4 Å². The van der Waals surface area contributed by atoms with Gasteiger partial charge in [-0.25, -0.2) is 14.4 Å². The molecule has 0 atom stereocenters. The van der Waals surface area contributed by atoms with Gasteiger partial charge in [0.05, 0.1) is 23.5 Å². The zero-order valence-corrected chi connectivity index (χ0v) is 15.7. The first kappa shape index (κ1) is 18.1.